The highest BCUT2D eigenvalue weighted by Gasteiger charge is 2.17. The van der Waals surface area contributed by atoms with Gasteiger partial charge in [-0.25, -0.2) is 4.79 Å². The predicted octanol–water partition coefficient (Wildman–Crippen LogP) is 3.33. The van der Waals surface area contributed by atoms with Gasteiger partial charge in [0.1, 0.15) is 0 Å². The van der Waals surface area contributed by atoms with E-state index in [2.05, 4.69) is 10.5 Å². The Morgan fingerprint density at radius 1 is 1.10 bits per heavy atom. The van der Waals surface area contributed by atoms with Crippen LogP contribution in [0, 0.1) is 0 Å². The van der Waals surface area contributed by atoms with Crippen molar-refractivity contribution in [3.05, 3.63) is 65.2 Å². The number of hydrazone groups is 1. The molecule has 0 heterocycles. The van der Waals surface area contributed by atoms with Crippen molar-refractivity contribution in [2.24, 2.45) is 5.10 Å². The van der Waals surface area contributed by atoms with Crippen molar-refractivity contribution in [3.63, 3.8) is 0 Å². The molecule has 20 heavy (non-hydrogen) atoms. The number of benzene rings is 2. The molecule has 0 atom stereocenters. The lowest BCUT2D eigenvalue weighted by Crippen LogP contribution is -2.19. The van der Waals surface area contributed by atoms with Crippen molar-refractivity contribution in [2.45, 2.75) is 0 Å². The van der Waals surface area contributed by atoms with Crippen molar-refractivity contribution in [3.8, 4) is 0 Å². The number of para-hydroxylation sites is 1. The second kappa shape index (κ2) is 6.73. The number of esters is 1. The van der Waals surface area contributed by atoms with E-state index in [1.807, 2.05) is 30.3 Å². The molecule has 0 aliphatic rings. The average molecular weight is 289 g/mol. The molecule has 0 spiro atoms. The van der Waals surface area contributed by atoms with Crippen LogP contribution in [-0.2, 0) is 9.53 Å². The van der Waals surface area contributed by atoms with Crippen molar-refractivity contribution in [1.82, 2.24) is 0 Å². The summed E-state index contributed by atoms with van der Waals surface area (Å²) in [4.78, 5) is 11.8. The van der Waals surface area contributed by atoms with Crippen LogP contribution in [0.1, 0.15) is 5.56 Å². The molecule has 0 radical (unpaired) electrons. The molecule has 0 fully saturated rings. The molecule has 4 nitrogen and oxygen atoms in total. The fourth-order valence-electron chi connectivity index (χ4n) is 1.60. The molecule has 0 unspecified atom stereocenters. The number of rotatable bonds is 4. The number of methoxy groups -OCH3 is 1. The van der Waals surface area contributed by atoms with Crippen LogP contribution in [0.5, 0.6) is 0 Å². The van der Waals surface area contributed by atoms with Gasteiger partial charge in [0.25, 0.3) is 0 Å². The van der Waals surface area contributed by atoms with Gasteiger partial charge >= 0.3 is 5.97 Å². The minimum absolute atomic E-state index is 0.127. The molecule has 0 aliphatic carbocycles. The standard InChI is InChI=1S/C15H13ClN2O2/c1-20-15(19)14(12-9-5-6-10-13(12)16)18-17-11-7-3-2-4-8-11/h2-10,17H,1H3/b18-14-. The van der Waals surface area contributed by atoms with E-state index in [4.69, 9.17) is 16.3 Å². The first-order valence-corrected chi connectivity index (χ1v) is 6.32. The molecule has 102 valence electrons. The van der Waals surface area contributed by atoms with Gasteiger partial charge in [0.15, 0.2) is 5.71 Å². The number of nitrogens with zero attached hydrogens (tertiary/aromatic N) is 1. The SMILES string of the molecule is COC(=O)/C(=N\Nc1ccccc1)c1ccccc1Cl. The number of ether oxygens (including phenoxy) is 1. The summed E-state index contributed by atoms with van der Waals surface area (Å²) < 4.78 is 4.74. The predicted molar refractivity (Wildman–Crippen MR) is 80.1 cm³/mol. The Hall–Kier alpha value is -2.33. The number of carbonyl (C=O) groups is 1. The summed E-state index contributed by atoms with van der Waals surface area (Å²) in [5.41, 5.74) is 4.22. The zero-order valence-corrected chi connectivity index (χ0v) is 11.6. The Balaban J connectivity index is 2.34. The Labute approximate surface area is 122 Å². The Kier molecular flexibility index (Phi) is 4.74. The number of nitrogens with one attached hydrogen (secondary N) is 1. The van der Waals surface area contributed by atoms with E-state index >= 15 is 0 Å². The molecule has 0 bridgehead atoms. The van der Waals surface area contributed by atoms with Crippen molar-refractivity contribution < 1.29 is 9.53 Å². The summed E-state index contributed by atoms with van der Waals surface area (Å²) in [7, 11) is 1.30. The van der Waals surface area contributed by atoms with Crippen LogP contribution in [-0.4, -0.2) is 18.8 Å². The Morgan fingerprint density at radius 3 is 2.40 bits per heavy atom. The zero-order valence-electron chi connectivity index (χ0n) is 10.8. The van der Waals surface area contributed by atoms with E-state index in [1.54, 1.807) is 24.3 Å². The van der Waals surface area contributed by atoms with Crippen LogP contribution in [0.25, 0.3) is 0 Å². The van der Waals surface area contributed by atoms with E-state index in [0.29, 0.717) is 10.6 Å². The van der Waals surface area contributed by atoms with Gasteiger partial charge in [-0.2, -0.15) is 5.10 Å². The molecule has 0 aromatic heterocycles. The molecular formula is C15H13ClN2O2. The maximum atomic E-state index is 11.8. The van der Waals surface area contributed by atoms with Gasteiger partial charge in [-0.1, -0.05) is 48.0 Å². The highest BCUT2D eigenvalue weighted by molar-refractivity contribution is 6.47. The van der Waals surface area contributed by atoms with Gasteiger partial charge in [0.05, 0.1) is 17.8 Å². The van der Waals surface area contributed by atoms with Gasteiger partial charge < -0.3 is 4.74 Å². The largest absolute Gasteiger partial charge is 0.464 e. The molecule has 0 aliphatic heterocycles. The lowest BCUT2D eigenvalue weighted by Gasteiger charge is -2.07. The maximum absolute atomic E-state index is 11.8. The van der Waals surface area contributed by atoms with Gasteiger partial charge in [0.2, 0.25) is 0 Å². The molecule has 2 rings (SSSR count). The van der Waals surface area contributed by atoms with Crippen LogP contribution < -0.4 is 5.43 Å². The van der Waals surface area contributed by atoms with Gasteiger partial charge in [-0.15, -0.1) is 0 Å². The summed E-state index contributed by atoms with van der Waals surface area (Å²) in [5, 5.41) is 4.54. The number of carbonyl (C=O) groups excluding carboxylic acids is 1. The number of anilines is 1. The summed E-state index contributed by atoms with van der Waals surface area (Å²) in [5.74, 6) is -0.554. The fraction of sp³-hybridized carbons (Fsp3) is 0.0667. The van der Waals surface area contributed by atoms with Crippen LogP contribution in [0.4, 0.5) is 5.69 Å². The van der Waals surface area contributed by atoms with Gasteiger partial charge in [-0.3, -0.25) is 5.43 Å². The molecule has 0 amide bonds. The topological polar surface area (TPSA) is 50.7 Å². The second-order valence-corrected chi connectivity index (χ2v) is 4.32. The van der Waals surface area contributed by atoms with E-state index in [1.165, 1.54) is 7.11 Å². The first-order chi connectivity index (χ1) is 9.72. The average Bonchev–Trinajstić information content (AvgIpc) is 2.50. The summed E-state index contributed by atoms with van der Waals surface area (Å²) in [6, 6.07) is 16.3. The first-order valence-electron chi connectivity index (χ1n) is 5.94. The molecule has 5 heteroatoms. The molecule has 1 N–H and O–H groups in total. The Morgan fingerprint density at radius 2 is 1.75 bits per heavy atom. The molecule has 0 saturated heterocycles. The minimum Gasteiger partial charge on any atom is -0.464 e. The van der Waals surface area contributed by atoms with E-state index in [0.717, 1.165) is 5.69 Å². The van der Waals surface area contributed by atoms with Crippen LogP contribution in [0.15, 0.2) is 59.7 Å². The smallest absolute Gasteiger partial charge is 0.359 e. The highest BCUT2D eigenvalue weighted by Crippen LogP contribution is 2.17. The molecular weight excluding hydrogens is 276 g/mol. The van der Waals surface area contributed by atoms with Crippen molar-refractivity contribution >= 4 is 29.0 Å². The third kappa shape index (κ3) is 3.36. The summed E-state index contributed by atoms with van der Waals surface area (Å²) in [6.07, 6.45) is 0. The van der Waals surface area contributed by atoms with E-state index in [-0.39, 0.29) is 5.71 Å². The first kappa shape index (κ1) is 14.1. The number of hydrogen-bond acceptors (Lipinski definition) is 4. The maximum Gasteiger partial charge on any atom is 0.359 e. The lowest BCUT2D eigenvalue weighted by molar-refractivity contribution is -0.132. The third-order valence-corrected chi connectivity index (χ3v) is 2.91. The monoisotopic (exact) mass is 288 g/mol. The van der Waals surface area contributed by atoms with Crippen molar-refractivity contribution in [1.29, 1.82) is 0 Å². The molecule has 2 aromatic carbocycles. The van der Waals surface area contributed by atoms with Gasteiger partial charge in [-0.05, 0) is 18.2 Å². The third-order valence-electron chi connectivity index (χ3n) is 2.58. The normalized spacial score (nSPS) is 11.0. The fourth-order valence-corrected chi connectivity index (χ4v) is 1.82. The van der Waals surface area contributed by atoms with Crippen LogP contribution >= 0.6 is 11.6 Å². The second-order valence-electron chi connectivity index (χ2n) is 3.91. The summed E-state index contributed by atoms with van der Waals surface area (Å²) >= 11 is 6.09. The summed E-state index contributed by atoms with van der Waals surface area (Å²) in [6.45, 7) is 0. The minimum atomic E-state index is -0.554. The van der Waals surface area contributed by atoms with Gasteiger partial charge in [0, 0.05) is 5.56 Å². The van der Waals surface area contributed by atoms with E-state index in [9.17, 15) is 4.79 Å². The highest BCUT2D eigenvalue weighted by atomic mass is 35.5. The Bertz CT molecular complexity index is 627. The van der Waals surface area contributed by atoms with Crippen LogP contribution in [0.3, 0.4) is 0 Å². The zero-order chi connectivity index (χ0) is 14.4. The quantitative estimate of drug-likeness (QED) is 0.533. The lowest BCUT2D eigenvalue weighted by atomic mass is 10.1. The van der Waals surface area contributed by atoms with E-state index < -0.39 is 5.97 Å². The molecule has 2 aromatic rings. The van der Waals surface area contributed by atoms with Crippen LogP contribution in [0.2, 0.25) is 5.02 Å². The number of halogens is 1. The number of hydrogen-bond donors (Lipinski definition) is 1. The molecule has 0 saturated carbocycles. The van der Waals surface area contributed by atoms with Crippen molar-refractivity contribution in [2.75, 3.05) is 12.5 Å².